The van der Waals surface area contributed by atoms with Crippen LogP contribution in [-0.4, -0.2) is 50.0 Å². The van der Waals surface area contributed by atoms with E-state index in [2.05, 4.69) is 30.2 Å². The van der Waals surface area contributed by atoms with Gasteiger partial charge < -0.3 is 14.6 Å². The van der Waals surface area contributed by atoms with Crippen LogP contribution in [0.5, 0.6) is 5.75 Å². The molecule has 1 amide bonds. The highest BCUT2D eigenvalue weighted by atomic mass is 28.3. The Morgan fingerprint density at radius 3 is 2.39 bits per heavy atom. The van der Waals surface area contributed by atoms with Gasteiger partial charge in [-0.3, -0.25) is 14.4 Å². The minimum Gasteiger partial charge on any atom is -0.508 e. The zero-order valence-corrected chi connectivity index (χ0v) is 21.0. The van der Waals surface area contributed by atoms with Gasteiger partial charge in [0.15, 0.2) is 0 Å². The highest BCUT2D eigenvalue weighted by Gasteiger charge is 2.57. The lowest BCUT2D eigenvalue weighted by Gasteiger charge is -2.47. The SMILES string of the molecule is CCCOC(=O)C1C2C(=NNC(C)=O)CC(c3ccc(O)cc32)C1C(=O)OCC[Si](C)(C)C. The normalized spacial score (nSPS) is 24.8. The Kier molecular flexibility index (Phi) is 7.61. The van der Waals surface area contributed by atoms with Crippen LogP contribution in [0.3, 0.4) is 0 Å². The molecule has 2 bridgehead atoms. The number of hydrazone groups is 1. The van der Waals surface area contributed by atoms with Gasteiger partial charge in [0.05, 0.1) is 25.0 Å². The Labute approximate surface area is 195 Å². The van der Waals surface area contributed by atoms with E-state index in [0.717, 1.165) is 17.2 Å². The first kappa shape index (κ1) is 24.9. The summed E-state index contributed by atoms with van der Waals surface area (Å²) in [5.41, 5.74) is 4.69. The molecule has 0 heterocycles. The molecule has 4 atom stereocenters. The first-order valence-electron chi connectivity index (χ1n) is 11.5. The maximum Gasteiger partial charge on any atom is 0.310 e. The van der Waals surface area contributed by atoms with Crippen LogP contribution in [0.2, 0.25) is 25.7 Å². The largest absolute Gasteiger partial charge is 0.508 e. The number of nitrogens with zero attached hydrogens (tertiary/aromatic N) is 1. The number of ether oxygens (including phenoxy) is 2. The number of phenols is 1. The van der Waals surface area contributed by atoms with Gasteiger partial charge in [-0.05, 0) is 42.1 Å². The van der Waals surface area contributed by atoms with Crippen LogP contribution in [-0.2, 0) is 23.9 Å². The summed E-state index contributed by atoms with van der Waals surface area (Å²) in [6.07, 6.45) is 1.07. The zero-order valence-electron chi connectivity index (χ0n) is 20.0. The Bertz CT molecular complexity index is 955. The summed E-state index contributed by atoms with van der Waals surface area (Å²) in [6.45, 7) is 10.5. The number of carbonyl (C=O) groups is 3. The standard InChI is InChI=1S/C24H34N2O6Si/c1-6-9-31-24(30)22-20-17-12-15(28)7-8-16(17)18(13-19(20)26-25-14(2)27)21(22)23(29)32-10-11-33(3,4)5/h7-8,12,18,20-22,28H,6,9-11,13H2,1-5H3,(H,25,27). The molecule has 3 aliphatic rings. The Hall–Kier alpha value is -2.68. The van der Waals surface area contributed by atoms with Crippen molar-refractivity contribution in [2.24, 2.45) is 16.9 Å². The van der Waals surface area contributed by atoms with Crippen molar-refractivity contribution in [3.05, 3.63) is 29.3 Å². The number of hydrogen-bond acceptors (Lipinski definition) is 7. The van der Waals surface area contributed by atoms with Gasteiger partial charge in [0.1, 0.15) is 5.75 Å². The number of phenolic OH excluding ortho intramolecular Hbond substituents is 1. The fourth-order valence-electron chi connectivity index (χ4n) is 4.70. The van der Waals surface area contributed by atoms with Crippen LogP contribution in [0.1, 0.15) is 49.7 Å². The molecule has 180 valence electrons. The van der Waals surface area contributed by atoms with Crippen molar-refractivity contribution in [2.45, 2.75) is 64.2 Å². The van der Waals surface area contributed by atoms with Gasteiger partial charge in [0.2, 0.25) is 5.91 Å². The van der Waals surface area contributed by atoms with Gasteiger partial charge in [0.25, 0.3) is 0 Å². The van der Waals surface area contributed by atoms with E-state index in [1.807, 2.05) is 6.92 Å². The molecule has 0 aliphatic heterocycles. The number of benzene rings is 1. The fraction of sp³-hybridized carbons (Fsp3) is 0.583. The van der Waals surface area contributed by atoms with E-state index in [-0.39, 0.29) is 24.2 Å². The van der Waals surface area contributed by atoms with Crippen LogP contribution in [0.25, 0.3) is 0 Å². The van der Waals surface area contributed by atoms with E-state index in [0.29, 0.717) is 25.2 Å². The molecule has 0 spiro atoms. The number of nitrogens with one attached hydrogen (secondary N) is 1. The van der Waals surface area contributed by atoms with Crippen molar-refractivity contribution in [1.29, 1.82) is 0 Å². The molecular formula is C24H34N2O6Si. The quantitative estimate of drug-likeness (QED) is 0.338. The number of esters is 2. The molecular weight excluding hydrogens is 440 g/mol. The average molecular weight is 475 g/mol. The summed E-state index contributed by atoms with van der Waals surface area (Å²) < 4.78 is 11.2. The summed E-state index contributed by atoms with van der Waals surface area (Å²) in [7, 11) is -1.40. The third-order valence-corrected chi connectivity index (χ3v) is 7.92. The second-order valence-electron chi connectivity index (χ2n) is 10.1. The van der Waals surface area contributed by atoms with Gasteiger partial charge in [-0.2, -0.15) is 5.10 Å². The molecule has 0 radical (unpaired) electrons. The fourth-order valence-corrected chi connectivity index (χ4v) is 5.42. The number of carbonyl (C=O) groups excluding carboxylic acids is 3. The van der Waals surface area contributed by atoms with Crippen molar-refractivity contribution in [3.63, 3.8) is 0 Å². The molecule has 33 heavy (non-hydrogen) atoms. The van der Waals surface area contributed by atoms with E-state index in [1.54, 1.807) is 18.2 Å². The monoisotopic (exact) mass is 474 g/mol. The minimum absolute atomic E-state index is 0.0649. The Morgan fingerprint density at radius 1 is 1.09 bits per heavy atom. The number of fused-ring (bicyclic) bond motifs is 2. The number of amides is 1. The van der Waals surface area contributed by atoms with Gasteiger partial charge in [0, 0.05) is 32.5 Å². The maximum atomic E-state index is 13.3. The first-order valence-corrected chi connectivity index (χ1v) is 15.2. The van der Waals surface area contributed by atoms with Crippen LogP contribution < -0.4 is 5.43 Å². The lowest BCUT2D eigenvalue weighted by atomic mass is 9.55. The molecule has 1 saturated carbocycles. The van der Waals surface area contributed by atoms with Gasteiger partial charge >= 0.3 is 11.9 Å². The number of rotatable bonds is 8. The van der Waals surface area contributed by atoms with Crippen LogP contribution in [0.4, 0.5) is 0 Å². The predicted molar refractivity (Wildman–Crippen MR) is 127 cm³/mol. The molecule has 1 aromatic rings. The maximum absolute atomic E-state index is 13.3. The summed E-state index contributed by atoms with van der Waals surface area (Å²) in [6, 6.07) is 5.84. The van der Waals surface area contributed by atoms with E-state index in [4.69, 9.17) is 9.47 Å². The van der Waals surface area contributed by atoms with E-state index < -0.39 is 37.8 Å². The van der Waals surface area contributed by atoms with Crippen molar-refractivity contribution >= 4 is 31.6 Å². The van der Waals surface area contributed by atoms with Crippen LogP contribution in [0, 0.1) is 11.8 Å². The molecule has 3 aliphatic carbocycles. The van der Waals surface area contributed by atoms with E-state index in [1.165, 1.54) is 6.92 Å². The van der Waals surface area contributed by atoms with Gasteiger partial charge in [-0.15, -0.1) is 0 Å². The minimum atomic E-state index is -1.40. The van der Waals surface area contributed by atoms with E-state index in [9.17, 15) is 19.5 Å². The van der Waals surface area contributed by atoms with Crippen LogP contribution >= 0.6 is 0 Å². The zero-order chi connectivity index (χ0) is 24.3. The molecule has 2 N–H and O–H groups in total. The first-order chi connectivity index (χ1) is 15.5. The highest BCUT2D eigenvalue weighted by molar-refractivity contribution is 6.76. The summed E-state index contributed by atoms with van der Waals surface area (Å²) in [5, 5.41) is 14.4. The smallest absolute Gasteiger partial charge is 0.310 e. The van der Waals surface area contributed by atoms with Crippen molar-refractivity contribution in [2.75, 3.05) is 13.2 Å². The van der Waals surface area contributed by atoms with Crippen molar-refractivity contribution in [3.8, 4) is 5.75 Å². The molecule has 4 unspecified atom stereocenters. The van der Waals surface area contributed by atoms with Crippen molar-refractivity contribution in [1.82, 2.24) is 5.43 Å². The van der Waals surface area contributed by atoms with E-state index >= 15 is 0 Å². The third kappa shape index (κ3) is 5.63. The highest BCUT2D eigenvalue weighted by Crippen LogP contribution is 2.55. The molecule has 1 aromatic carbocycles. The third-order valence-electron chi connectivity index (χ3n) is 6.22. The lowest BCUT2D eigenvalue weighted by molar-refractivity contribution is -0.163. The molecule has 4 rings (SSSR count). The second kappa shape index (κ2) is 10.1. The molecule has 0 aromatic heterocycles. The summed E-state index contributed by atoms with van der Waals surface area (Å²) in [5.74, 6) is -3.66. The Balaban J connectivity index is 2.03. The lowest BCUT2D eigenvalue weighted by Crippen LogP contribution is -2.51. The molecule has 0 saturated heterocycles. The van der Waals surface area contributed by atoms with Gasteiger partial charge in [-0.25, -0.2) is 5.43 Å². The number of hydrogen-bond donors (Lipinski definition) is 2. The Morgan fingerprint density at radius 2 is 1.76 bits per heavy atom. The summed E-state index contributed by atoms with van der Waals surface area (Å²) >= 11 is 0. The molecule has 9 heteroatoms. The van der Waals surface area contributed by atoms with Crippen LogP contribution in [0.15, 0.2) is 23.3 Å². The predicted octanol–water partition coefficient (Wildman–Crippen LogP) is 3.54. The molecule has 8 nitrogen and oxygen atoms in total. The second-order valence-corrected chi connectivity index (χ2v) is 15.7. The topological polar surface area (TPSA) is 114 Å². The van der Waals surface area contributed by atoms with Gasteiger partial charge in [-0.1, -0.05) is 32.6 Å². The summed E-state index contributed by atoms with van der Waals surface area (Å²) in [4.78, 5) is 38.1. The average Bonchev–Trinajstić information content (AvgIpc) is 2.74. The van der Waals surface area contributed by atoms with Crippen molar-refractivity contribution < 1.29 is 29.0 Å². The molecule has 1 fully saturated rings. The number of aromatic hydroxyl groups is 1.